The van der Waals surface area contributed by atoms with Crippen LogP contribution in [0.25, 0.3) is 0 Å². The van der Waals surface area contributed by atoms with Crippen molar-refractivity contribution in [1.82, 2.24) is 5.32 Å². The predicted molar refractivity (Wildman–Crippen MR) is 68.6 cm³/mol. The van der Waals surface area contributed by atoms with Crippen LogP contribution >= 0.6 is 0 Å². The first-order chi connectivity index (χ1) is 7.41. The van der Waals surface area contributed by atoms with Gasteiger partial charge in [0.2, 0.25) is 0 Å². The fourth-order valence-corrected chi connectivity index (χ4v) is 0.641. The summed E-state index contributed by atoms with van der Waals surface area (Å²) in [5.74, 6) is 0. The molecule has 0 aliphatic heterocycles. The molecule has 0 spiro atoms. The molecule has 0 amide bonds. The van der Waals surface area contributed by atoms with Crippen LogP contribution in [0.4, 0.5) is 0 Å². The second-order valence-corrected chi connectivity index (χ2v) is 2.33. The molecule has 1 N–H and O–H groups in total. The molecule has 96 valence electrons. The lowest BCUT2D eigenvalue weighted by Crippen LogP contribution is -2.16. The van der Waals surface area contributed by atoms with Gasteiger partial charge in [-0.25, -0.2) is 0 Å². The minimum Gasteiger partial charge on any atom is -0.379 e. The highest BCUT2D eigenvalue weighted by Gasteiger charge is 1.87. The van der Waals surface area contributed by atoms with Crippen LogP contribution in [0.1, 0.15) is 41.0 Å². The predicted octanol–water partition coefficient (Wildman–Crippen LogP) is 2.70. The van der Waals surface area contributed by atoms with E-state index in [9.17, 15) is 0 Å². The Kier molecular flexibility index (Phi) is 39.5. The molecule has 0 heterocycles. The molecule has 0 fully saturated rings. The van der Waals surface area contributed by atoms with Gasteiger partial charge in [-0.3, -0.25) is 0 Å². The van der Waals surface area contributed by atoms with Crippen molar-refractivity contribution in [2.45, 2.75) is 41.0 Å². The number of hydrogen-bond acceptors (Lipinski definition) is 3. The molecule has 0 saturated carbocycles. The molecular weight excluding hydrogens is 190 g/mol. The van der Waals surface area contributed by atoms with Gasteiger partial charge in [0, 0.05) is 13.2 Å². The molecule has 0 aromatic rings. The lowest BCUT2D eigenvalue weighted by molar-refractivity contribution is 0.0495. The first-order valence-corrected chi connectivity index (χ1v) is 6.22. The molecule has 0 bridgehead atoms. The molecule has 15 heavy (non-hydrogen) atoms. The molecule has 0 aromatic carbocycles. The topological polar surface area (TPSA) is 30.5 Å². The lowest BCUT2D eigenvalue weighted by atomic mass is 10.5. The first-order valence-electron chi connectivity index (χ1n) is 6.22. The zero-order chi connectivity index (χ0) is 12.4. The Bertz CT molecular complexity index is 62.6. The quantitative estimate of drug-likeness (QED) is 0.639. The largest absolute Gasteiger partial charge is 0.379 e. The van der Waals surface area contributed by atoms with Crippen molar-refractivity contribution < 1.29 is 9.47 Å². The third-order valence-corrected chi connectivity index (χ3v) is 1.22. The third-order valence-electron chi connectivity index (χ3n) is 1.22. The number of rotatable bonds is 8. The number of likely N-dealkylation sites (N-methyl/N-ethyl adjacent to an activating group) is 1. The van der Waals surface area contributed by atoms with E-state index < -0.39 is 0 Å². The van der Waals surface area contributed by atoms with Crippen molar-refractivity contribution >= 4 is 0 Å². The van der Waals surface area contributed by atoms with Gasteiger partial charge in [-0.2, -0.15) is 0 Å². The maximum atomic E-state index is 5.23. The van der Waals surface area contributed by atoms with Crippen molar-refractivity contribution in [3.63, 3.8) is 0 Å². The fraction of sp³-hybridized carbons (Fsp3) is 1.00. The van der Waals surface area contributed by atoms with Crippen molar-refractivity contribution in [1.29, 1.82) is 0 Å². The Labute approximate surface area is 96.5 Å². The molecule has 0 radical (unpaired) electrons. The summed E-state index contributed by atoms with van der Waals surface area (Å²) in [7, 11) is 1.91. The highest BCUT2D eigenvalue weighted by Crippen LogP contribution is 1.80. The van der Waals surface area contributed by atoms with Crippen LogP contribution in [-0.2, 0) is 9.47 Å². The van der Waals surface area contributed by atoms with E-state index in [4.69, 9.17) is 9.47 Å². The van der Waals surface area contributed by atoms with Gasteiger partial charge in [0.25, 0.3) is 0 Å². The zero-order valence-electron chi connectivity index (χ0n) is 11.6. The van der Waals surface area contributed by atoms with Crippen molar-refractivity contribution in [2.24, 2.45) is 0 Å². The fourth-order valence-electron chi connectivity index (χ4n) is 0.641. The average molecular weight is 221 g/mol. The van der Waals surface area contributed by atoms with E-state index in [1.807, 2.05) is 34.7 Å². The van der Waals surface area contributed by atoms with Gasteiger partial charge in [-0.05, 0) is 13.5 Å². The molecule has 0 unspecified atom stereocenters. The van der Waals surface area contributed by atoms with E-state index in [1.54, 1.807) is 0 Å². The second-order valence-electron chi connectivity index (χ2n) is 2.33. The summed E-state index contributed by atoms with van der Waals surface area (Å²) >= 11 is 0. The highest BCUT2D eigenvalue weighted by molar-refractivity contribution is 4.36. The summed E-state index contributed by atoms with van der Waals surface area (Å²) < 4.78 is 10.5. The normalized spacial score (nSPS) is 8.40. The number of hydrogen-bond donors (Lipinski definition) is 1. The standard InChI is InChI=1S/C8H19NO2.2C2H6/c1-3-5-10-7-8-11-6-4-9-2;2*1-2/h9H,3-8H2,1-2H3;2*1-2H3. The van der Waals surface area contributed by atoms with E-state index in [2.05, 4.69) is 12.2 Å². The second kappa shape index (κ2) is 29.2. The van der Waals surface area contributed by atoms with Crippen molar-refractivity contribution in [3.05, 3.63) is 0 Å². The molecule has 3 nitrogen and oxygen atoms in total. The summed E-state index contributed by atoms with van der Waals surface area (Å²) in [6.07, 6.45) is 1.08. The van der Waals surface area contributed by atoms with Crippen LogP contribution in [0.3, 0.4) is 0 Å². The van der Waals surface area contributed by atoms with Gasteiger partial charge in [-0.15, -0.1) is 0 Å². The highest BCUT2D eigenvalue weighted by atomic mass is 16.5. The Morgan fingerprint density at radius 1 is 0.800 bits per heavy atom. The number of nitrogens with one attached hydrogen (secondary N) is 1. The maximum Gasteiger partial charge on any atom is 0.0701 e. The molecule has 0 aromatic heterocycles. The van der Waals surface area contributed by atoms with Crippen LogP contribution in [-0.4, -0.2) is 40.0 Å². The van der Waals surface area contributed by atoms with Crippen LogP contribution in [0.2, 0.25) is 0 Å². The minimum absolute atomic E-state index is 0.710. The Morgan fingerprint density at radius 2 is 1.27 bits per heavy atom. The van der Waals surface area contributed by atoms with Crippen LogP contribution < -0.4 is 5.32 Å². The molecule has 0 aliphatic rings. The Balaban J connectivity index is -0.000000318. The van der Waals surface area contributed by atoms with Crippen molar-refractivity contribution in [3.8, 4) is 0 Å². The van der Waals surface area contributed by atoms with Crippen LogP contribution in [0.5, 0.6) is 0 Å². The zero-order valence-corrected chi connectivity index (χ0v) is 11.6. The summed E-state index contributed by atoms with van der Waals surface area (Å²) in [6, 6.07) is 0. The Morgan fingerprint density at radius 3 is 1.67 bits per heavy atom. The van der Waals surface area contributed by atoms with E-state index >= 15 is 0 Å². The number of ether oxygens (including phenoxy) is 2. The third kappa shape index (κ3) is 31.5. The maximum absolute atomic E-state index is 5.23. The van der Waals surface area contributed by atoms with Gasteiger partial charge < -0.3 is 14.8 Å². The van der Waals surface area contributed by atoms with E-state index in [0.717, 1.165) is 32.8 Å². The summed E-state index contributed by atoms with van der Waals surface area (Å²) in [6.45, 7) is 14.1. The smallest absolute Gasteiger partial charge is 0.0701 e. The molecule has 0 rings (SSSR count). The van der Waals surface area contributed by atoms with Gasteiger partial charge in [0.1, 0.15) is 0 Å². The van der Waals surface area contributed by atoms with Gasteiger partial charge in [0.15, 0.2) is 0 Å². The molecule has 0 atom stereocenters. The summed E-state index contributed by atoms with van der Waals surface area (Å²) in [5.41, 5.74) is 0. The van der Waals surface area contributed by atoms with Gasteiger partial charge >= 0.3 is 0 Å². The SMILES string of the molecule is CC.CC.CCCOCCOCCNC. The van der Waals surface area contributed by atoms with E-state index in [-0.39, 0.29) is 0 Å². The summed E-state index contributed by atoms with van der Waals surface area (Å²) in [4.78, 5) is 0. The minimum atomic E-state index is 0.710. The van der Waals surface area contributed by atoms with Crippen LogP contribution in [0, 0.1) is 0 Å². The molecule has 3 heteroatoms. The monoisotopic (exact) mass is 221 g/mol. The molecule has 0 saturated heterocycles. The molecule has 0 aliphatic carbocycles. The van der Waals surface area contributed by atoms with E-state index in [1.165, 1.54) is 0 Å². The van der Waals surface area contributed by atoms with E-state index in [0.29, 0.717) is 6.61 Å². The van der Waals surface area contributed by atoms with Gasteiger partial charge in [-0.1, -0.05) is 34.6 Å². The van der Waals surface area contributed by atoms with Crippen molar-refractivity contribution in [2.75, 3.05) is 40.0 Å². The first kappa shape index (κ1) is 20.3. The van der Waals surface area contributed by atoms with Crippen LogP contribution in [0.15, 0.2) is 0 Å². The lowest BCUT2D eigenvalue weighted by Gasteiger charge is -2.03. The van der Waals surface area contributed by atoms with Gasteiger partial charge in [0.05, 0.1) is 19.8 Å². The molecular formula is C12H31NO2. The summed E-state index contributed by atoms with van der Waals surface area (Å²) in [5, 5.41) is 3.00. The average Bonchev–Trinajstić information content (AvgIpc) is 2.33. The Hall–Kier alpha value is -0.120.